The summed E-state index contributed by atoms with van der Waals surface area (Å²) in [5.74, 6) is -0.654. The van der Waals surface area contributed by atoms with Crippen LogP contribution in [0.4, 0.5) is 10.1 Å². The van der Waals surface area contributed by atoms with E-state index < -0.39 is 15.7 Å². The fraction of sp³-hybridized carbons (Fsp3) is 0.364. The fourth-order valence-corrected chi connectivity index (χ4v) is 2.47. The minimum Gasteiger partial charge on any atom is -0.381 e. The number of sulfone groups is 1. The highest BCUT2D eigenvalue weighted by Gasteiger charge is 2.11. The van der Waals surface area contributed by atoms with Crippen molar-refractivity contribution in [3.05, 3.63) is 29.6 Å². The van der Waals surface area contributed by atoms with Crippen molar-refractivity contribution in [3.63, 3.8) is 0 Å². The SMILES string of the molecule is CC(CS(C)(=O)=O)Nc1ccc(C#N)c(F)c1. The first-order chi connectivity index (χ1) is 7.81. The lowest BCUT2D eigenvalue weighted by molar-refractivity contribution is 0.598. The van der Waals surface area contributed by atoms with Crippen molar-refractivity contribution in [3.8, 4) is 6.07 Å². The molecule has 0 fully saturated rings. The van der Waals surface area contributed by atoms with Gasteiger partial charge in [-0.05, 0) is 25.1 Å². The molecule has 0 aromatic heterocycles. The van der Waals surface area contributed by atoms with Gasteiger partial charge in [-0.25, -0.2) is 12.8 Å². The molecule has 0 aliphatic heterocycles. The summed E-state index contributed by atoms with van der Waals surface area (Å²) in [5, 5.41) is 11.4. The fourth-order valence-electron chi connectivity index (χ4n) is 1.48. The summed E-state index contributed by atoms with van der Waals surface area (Å²) in [6, 6.07) is 5.47. The average molecular weight is 256 g/mol. The maximum absolute atomic E-state index is 13.3. The predicted molar refractivity (Wildman–Crippen MR) is 63.9 cm³/mol. The summed E-state index contributed by atoms with van der Waals surface area (Å²) in [6.07, 6.45) is 1.14. The Labute approximate surface area is 100.0 Å². The number of hydrogen-bond acceptors (Lipinski definition) is 4. The Balaban J connectivity index is 2.77. The summed E-state index contributed by atoms with van der Waals surface area (Å²) in [5.41, 5.74) is 0.420. The lowest BCUT2D eigenvalue weighted by atomic mass is 10.2. The van der Waals surface area contributed by atoms with Crippen molar-refractivity contribution in [2.24, 2.45) is 0 Å². The zero-order chi connectivity index (χ0) is 13.1. The summed E-state index contributed by atoms with van der Waals surface area (Å²) in [4.78, 5) is 0. The number of hydrogen-bond donors (Lipinski definition) is 1. The van der Waals surface area contributed by atoms with Gasteiger partial charge in [0.25, 0.3) is 0 Å². The Bertz CT molecular complexity index is 549. The van der Waals surface area contributed by atoms with E-state index in [1.54, 1.807) is 19.1 Å². The van der Waals surface area contributed by atoms with Crippen LogP contribution in [-0.2, 0) is 9.84 Å². The molecule has 1 N–H and O–H groups in total. The van der Waals surface area contributed by atoms with Crippen LogP contribution in [0.2, 0.25) is 0 Å². The minimum absolute atomic E-state index is 0.0331. The quantitative estimate of drug-likeness (QED) is 0.887. The van der Waals surface area contributed by atoms with Crippen molar-refractivity contribution < 1.29 is 12.8 Å². The van der Waals surface area contributed by atoms with Crippen LogP contribution in [0.15, 0.2) is 18.2 Å². The molecule has 1 atom stereocenters. The van der Waals surface area contributed by atoms with Crippen molar-refractivity contribution in [2.75, 3.05) is 17.3 Å². The summed E-state index contributed by atoms with van der Waals surface area (Å²) >= 11 is 0. The summed E-state index contributed by atoms with van der Waals surface area (Å²) in [6.45, 7) is 1.69. The standard InChI is InChI=1S/C11H13FN2O2S/c1-8(7-17(2,15)16)14-10-4-3-9(6-13)11(12)5-10/h3-5,8,14H,7H2,1-2H3. The zero-order valence-electron chi connectivity index (χ0n) is 9.57. The van der Waals surface area contributed by atoms with Gasteiger partial charge in [0.2, 0.25) is 0 Å². The molecule has 17 heavy (non-hydrogen) atoms. The average Bonchev–Trinajstić information content (AvgIpc) is 2.14. The van der Waals surface area contributed by atoms with Crippen LogP contribution in [0, 0.1) is 17.1 Å². The zero-order valence-corrected chi connectivity index (χ0v) is 10.4. The second kappa shape index (κ2) is 5.15. The first kappa shape index (κ1) is 13.5. The smallest absolute Gasteiger partial charge is 0.149 e. The maximum atomic E-state index is 13.3. The molecule has 0 radical (unpaired) electrons. The highest BCUT2D eigenvalue weighted by Crippen LogP contribution is 2.14. The molecule has 1 rings (SSSR count). The van der Waals surface area contributed by atoms with Crippen LogP contribution >= 0.6 is 0 Å². The first-order valence-corrected chi connectivity index (χ1v) is 7.02. The Morgan fingerprint density at radius 2 is 2.18 bits per heavy atom. The molecule has 0 saturated heterocycles. The minimum atomic E-state index is -3.08. The maximum Gasteiger partial charge on any atom is 0.149 e. The molecular weight excluding hydrogens is 243 g/mol. The third-order valence-corrected chi connectivity index (χ3v) is 3.16. The van der Waals surface area contributed by atoms with Crippen LogP contribution in [0.1, 0.15) is 12.5 Å². The van der Waals surface area contributed by atoms with Gasteiger partial charge in [0, 0.05) is 18.0 Å². The molecule has 0 saturated carbocycles. The molecule has 1 aromatic carbocycles. The van der Waals surface area contributed by atoms with E-state index in [4.69, 9.17) is 5.26 Å². The lowest BCUT2D eigenvalue weighted by Gasteiger charge is -2.14. The van der Waals surface area contributed by atoms with Gasteiger partial charge >= 0.3 is 0 Å². The van der Waals surface area contributed by atoms with E-state index in [1.165, 1.54) is 12.1 Å². The van der Waals surface area contributed by atoms with E-state index in [1.807, 2.05) is 0 Å². The molecule has 0 amide bonds. The summed E-state index contributed by atoms with van der Waals surface area (Å²) in [7, 11) is -3.08. The van der Waals surface area contributed by atoms with Crippen molar-refractivity contribution >= 4 is 15.5 Å². The molecule has 0 spiro atoms. The number of anilines is 1. The largest absolute Gasteiger partial charge is 0.381 e. The Hall–Kier alpha value is -1.61. The highest BCUT2D eigenvalue weighted by atomic mass is 32.2. The van der Waals surface area contributed by atoms with Crippen molar-refractivity contribution in [1.29, 1.82) is 5.26 Å². The van der Waals surface area contributed by atoms with Gasteiger partial charge in [0.05, 0.1) is 11.3 Å². The number of nitrogens with zero attached hydrogens (tertiary/aromatic N) is 1. The molecule has 0 aliphatic rings. The van der Waals surface area contributed by atoms with E-state index in [-0.39, 0.29) is 17.4 Å². The van der Waals surface area contributed by atoms with Crippen LogP contribution in [0.5, 0.6) is 0 Å². The third kappa shape index (κ3) is 4.41. The Morgan fingerprint density at radius 1 is 1.53 bits per heavy atom. The Morgan fingerprint density at radius 3 is 2.65 bits per heavy atom. The number of nitrogens with one attached hydrogen (secondary N) is 1. The number of benzene rings is 1. The van der Waals surface area contributed by atoms with E-state index in [0.717, 1.165) is 6.26 Å². The van der Waals surface area contributed by atoms with E-state index >= 15 is 0 Å². The van der Waals surface area contributed by atoms with Crippen molar-refractivity contribution in [2.45, 2.75) is 13.0 Å². The molecule has 1 aromatic rings. The number of rotatable bonds is 4. The van der Waals surface area contributed by atoms with E-state index in [0.29, 0.717) is 5.69 Å². The van der Waals surface area contributed by atoms with Gasteiger partial charge in [-0.15, -0.1) is 0 Å². The third-order valence-electron chi connectivity index (χ3n) is 2.06. The van der Waals surface area contributed by atoms with E-state index in [9.17, 15) is 12.8 Å². The van der Waals surface area contributed by atoms with Gasteiger partial charge in [-0.2, -0.15) is 5.26 Å². The predicted octanol–water partition coefficient (Wildman–Crippen LogP) is 1.54. The topological polar surface area (TPSA) is 70.0 Å². The molecule has 0 aliphatic carbocycles. The molecule has 0 heterocycles. The highest BCUT2D eigenvalue weighted by molar-refractivity contribution is 7.90. The van der Waals surface area contributed by atoms with Gasteiger partial charge < -0.3 is 5.32 Å². The normalized spacial score (nSPS) is 12.8. The van der Waals surface area contributed by atoms with Gasteiger partial charge in [0.1, 0.15) is 21.7 Å². The molecule has 1 unspecified atom stereocenters. The second-order valence-electron chi connectivity index (χ2n) is 3.94. The molecular formula is C11H13FN2O2S. The molecule has 92 valence electrons. The monoisotopic (exact) mass is 256 g/mol. The van der Waals surface area contributed by atoms with Crippen LogP contribution in [-0.4, -0.2) is 26.5 Å². The van der Waals surface area contributed by atoms with Gasteiger partial charge in [-0.3, -0.25) is 0 Å². The first-order valence-electron chi connectivity index (χ1n) is 4.96. The molecule has 0 bridgehead atoms. The molecule has 4 nitrogen and oxygen atoms in total. The molecule has 6 heteroatoms. The number of halogens is 1. The summed E-state index contributed by atoms with van der Waals surface area (Å²) < 4.78 is 35.3. The lowest BCUT2D eigenvalue weighted by Crippen LogP contribution is -2.25. The second-order valence-corrected chi connectivity index (χ2v) is 6.13. The Kier molecular flexibility index (Phi) is 4.07. The van der Waals surface area contributed by atoms with Gasteiger partial charge in [0.15, 0.2) is 0 Å². The van der Waals surface area contributed by atoms with Gasteiger partial charge in [-0.1, -0.05) is 0 Å². The number of nitriles is 1. The van der Waals surface area contributed by atoms with Crippen LogP contribution in [0.25, 0.3) is 0 Å². The van der Waals surface area contributed by atoms with Crippen molar-refractivity contribution in [1.82, 2.24) is 0 Å². The van der Waals surface area contributed by atoms with Crippen LogP contribution < -0.4 is 5.32 Å². The van der Waals surface area contributed by atoms with E-state index in [2.05, 4.69) is 5.32 Å². The van der Waals surface area contributed by atoms with Crippen LogP contribution in [0.3, 0.4) is 0 Å².